The van der Waals surface area contributed by atoms with Gasteiger partial charge in [0.2, 0.25) is 17.7 Å². The Labute approximate surface area is 248 Å². The van der Waals surface area contributed by atoms with Crippen LogP contribution in [0.4, 0.5) is 11.4 Å². The van der Waals surface area contributed by atoms with E-state index in [4.69, 9.17) is 9.15 Å². The van der Waals surface area contributed by atoms with Gasteiger partial charge in [0.25, 0.3) is 0 Å². The van der Waals surface area contributed by atoms with Crippen LogP contribution in [0.15, 0.2) is 81.2 Å². The first-order valence-corrected chi connectivity index (χ1v) is 14.9. The zero-order valence-electron chi connectivity index (χ0n) is 22.6. The first-order chi connectivity index (χ1) is 20.3. The smallest absolute Gasteiger partial charge is 0.338 e. The molecule has 1 saturated heterocycles. The Morgan fingerprint density at radius 3 is 2.40 bits per heavy atom. The maximum Gasteiger partial charge on any atom is 0.338 e. The fourth-order valence-electron chi connectivity index (χ4n) is 5.23. The van der Waals surface area contributed by atoms with Crippen LogP contribution in [0.25, 0.3) is 0 Å². The molecule has 2 aromatic heterocycles. The molecule has 3 amide bonds. The lowest BCUT2D eigenvalue weighted by molar-refractivity contribution is -0.122. The molecule has 10 nitrogen and oxygen atoms in total. The molecule has 2 aromatic carbocycles. The number of carbonyl (C=O) groups is 4. The van der Waals surface area contributed by atoms with Gasteiger partial charge in [0.15, 0.2) is 0 Å². The first kappa shape index (κ1) is 27.7. The number of anilines is 2. The summed E-state index contributed by atoms with van der Waals surface area (Å²) >= 11 is 2.06. The molecule has 12 heteroatoms. The second-order valence-electron chi connectivity index (χ2n) is 9.87. The highest BCUT2D eigenvalue weighted by atomic mass is 32.2. The third-order valence-corrected chi connectivity index (χ3v) is 9.78. The molecule has 6 rings (SSSR count). The summed E-state index contributed by atoms with van der Waals surface area (Å²) in [5.74, 6) is -2.85. The van der Waals surface area contributed by atoms with Gasteiger partial charge in [-0.3, -0.25) is 23.7 Å². The van der Waals surface area contributed by atoms with E-state index in [1.807, 2.05) is 19.1 Å². The maximum absolute atomic E-state index is 13.9. The lowest BCUT2D eigenvalue weighted by Gasteiger charge is -2.29. The summed E-state index contributed by atoms with van der Waals surface area (Å²) in [5, 5.41) is 2.42. The number of esters is 1. The quantitative estimate of drug-likeness (QED) is 0.243. The van der Waals surface area contributed by atoms with Crippen molar-refractivity contribution in [3.63, 3.8) is 0 Å². The topological polar surface area (TPSA) is 128 Å². The molecular formula is C30H25N3O7S2. The van der Waals surface area contributed by atoms with Gasteiger partial charge >= 0.3 is 10.8 Å². The Balaban J connectivity index is 1.34. The Morgan fingerprint density at radius 1 is 1.00 bits per heavy atom. The summed E-state index contributed by atoms with van der Waals surface area (Å²) in [6.07, 6.45) is 1.48. The van der Waals surface area contributed by atoms with Crippen LogP contribution in [0, 0.1) is 12.8 Å². The van der Waals surface area contributed by atoms with E-state index in [9.17, 15) is 24.0 Å². The van der Waals surface area contributed by atoms with Gasteiger partial charge in [-0.2, -0.15) is 0 Å². The van der Waals surface area contributed by atoms with E-state index in [1.54, 1.807) is 31.2 Å². The van der Waals surface area contributed by atoms with Crippen LogP contribution in [0.5, 0.6) is 0 Å². The van der Waals surface area contributed by atoms with Crippen molar-refractivity contribution in [3.05, 3.63) is 98.4 Å². The Hall–Kier alpha value is -4.42. The largest absolute Gasteiger partial charge is 0.469 e. The molecule has 214 valence electrons. The van der Waals surface area contributed by atoms with E-state index >= 15 is 0 Å². The molecule has 4 heterocycles. The summed E-state index contributed by atoms with van der Waals surface area (Å²) in [5.41, 5.74) is 2.27. The van der Waals surface area contributed by atoms with E-state index in [0.29, 0.717) is 32.6 Å². The molecule has 2 aliphatic heterocycles. The van der Waals surface area contributed by atoms with E-state index in [0.717, 1.165) is 33.6 Å². The van der Waals surface area contributed by atoms with Crippen LogP contribution < -0.4 is 15.1 Å². The molecule has 0 saturated carbocycles. The van der Waals surface area contributed by atoms with Gasteiger partial charge in [0.1, 0.15) is 17.6 Å². The highest BCUT2D eigenvalue weighted by molar-refractivity contribution is 8.00. The Kier molecular flexibility index (Phi) is 7.33. The number of nitrogens with one attached hydrogen (secondary N) is 1. The van der Waals surface area contributed by atoms with Crippen LogP contribution in [0.2, 0.25) is 0 Å². The van der Waals surface area contributed by atoms with Crippen LogP contribution in [-0.2, 0) is 25.7 Å². The zero-order valence-corrected chi connectivity index (χ0v) is 24.2. The minimum Gasteiger partial charge on any atom is -0.469 e. The summed E-state index contributed by atoms with van der Waals surface area (Å²) in [6, 6.07) is 16.8. The zero-order chi connectivity index (χ0) is 29.5. The molecule has 0 unspecified atom stereocenters. The van der Waals surface area contributed by atoms with Crippen LogP contribution >= 0.6 is 23.1 Å². The number of nitrogens with zero attached hydrogens (tertiary/aromatic N) is 2. The molecule has 1 fully saturated rings. The SMILES string of the molecule is CCOC(=O)c1ccc(N2C(=O)[C@H]3[C@H](c4ccco4)c4sc(=O)n(CC(=O)Nc5ccc(C)cc5)c4S[C@H]3C2=O)cc1. The van der Waals surface area contributed by atoms with Crippen molar-refractivity contribution in [2.75, 3.05) is 16.8 Å². The fraction of sp³-hybridized carbons (Fsp3) is 0.233. The summed E-state index contributed by atoms with van der Waals surface area (Å²) in [6.45, 7) is 3.62. The molecule has 3 atom stereocenters. The molecule has 1 N–H and O–H groups in total. The highest BCUT2D eigenvalue weighted by Crippen LogP contribution is 2.53. The summed E-state index contributed by atoms with van der Waals surface area (Å²) in [7, 11) is 0. The first-order valence-electron chi connectivity index (χ1n) is 13.2. The summed E-state index contributed by atoms with van der Waals surface area (Å²) < 4.78 is 12.1. The highest BCUT2D eigenvalue weighted by Gasteiger charge is 2.57. The van der Waals surface area contributed by atoms with Crippen molar-refractivity contribution in [1.29, 1.82) is 0 Å². The number of benzene rings is 2. The number of aromatic nitrogens is 1. The van der Waals surface area contributed by atoms with Crippen molar-refractivity contribution >= 4 is 58.2 Å². The van der Waals surface area contributed by atoms with Crippen molar-refractivity contribution < 1.29 is 28.3 Å². The van der Waals surface area contributed by atoms with Crippen LogP contribution in [-0.4, -0.2) is 40.1 Å². The van der Waals surface area contributed by atoms with Crippen molar-refractivity contribution in [2.45, 2.75) is 36.6 Å². The second kappa shape index (κ2) is 11.1. The molecule has 0 bridgehead atoms. The van der Waals surface area contributed by atoms with Crippen molar-refractivity contribution in [2.24, 2.45) is 5.92 Å². The number of carbonyl (C=O) groups excluding carboxylic acids is 4. The third-order valence-electron chi connectivity index (χ3n) is 7.17. The number of hydrogen-bond acceptors (Lipinski definition) is 9. The van der Waals surface area contributed by atoms with Crippen molar-refractivity contribution in [1.82, 2.24) is 4.57 Å². The molecular weight excluding hydrogens is 578 g/mol. The monoisotopic (exact) mass is 603 g/mol. The van der Waals surface area contributed by atoms with Gasteiger partial charge in [-0.25, -0.2) is 9.69 Å². The van der Waals surface area contributed by atoms with Gasteiger partial charge in [-0.05, 0) is 62.4 Å². The molecule has 0 spiro atoms. The third kappa shape index (κ3) is 4.86. The number of imide groups is 1. The number of amides is 3. The molecule has 0 aliphatic carbocycles. The number of aryl methyl sites for hydroxylation is 1. The second-order valence-corrected chi connectivity index (χ2v) is 12.0. The Morgan fingerprint density at radius 2 is 1.74 bits per heavy atom. The number of thioether (sulfide) groups is 1. The predicted molar refractivity (Wildman–Crippen MR) is 157 cm³/mol. The number of hydrogen-bond donors (Lipinski definition) is 1. The average molecular weight is 604 g/mol. The van der Waals surface area contributed by atoms with Gasteiger partial charge in [0.05, 0.1) is 45.9 Å². The van der Waals surface area contributed by atoms with Gasteiger partial charge in [-0.1, -0.05) is 40.8 Å². The van der Waals surface area contributed by atoms with Gasteiger partial charge < -0.3 is 14.5 Å². The van der Waals surface area contributed by atoms with Crippen LogP contribution in [0.3, 0.4) is 0 Å². The standard InChI is InChI=1S/C30H25N3O7S2/c1-3-39-29(37)17-8-12-19(13-9-17)33-26(35)23-22(20-5-4-14-40-20)25-28(41-24(23)27(33)36)32(30(38)42-25)15-21(34)31-18-10-6-16(2)7-11-18/h4-14,22-24H,3,15H2,1-2H3,(H,31,34)/t22-,23-,24+/m0/s1. The lowest BCUT2D eigenvalue weighted by Crippen LogP contribution is -2.32. The normalized spacial score (nSPS) is 19.4. The molecule has 2 aliphatic rings. The number of ether oxygens (including phenoxy) is 1. The molecule has 42 heavy (non-hydrogen) atoms. The fourth-order valence-corrected chi connectivity index (χ4v) is 7.98. The van der Waals surface area contributed by atoms with E-state index < -0.39 is 40.8 Å². The Bertz CT molecular complexity index is 1740. The number of rotatable bonds is 7. The minimum absolute atomic E-state index is 0.223. The van der Waals surface area contributed by atoms with Gasteiger partial charge in [-0.15, -0.1) is 0 Å². The summed E-state index contributed by atoms with van der Waals surface area (Å²) in [4.78, 5) is 67.3. The molecule has 4 aromatic rings. The van der Waals surface area contributed by atoms with Crippen LogP contribution in [0.1, 0.15) is 39.4 Å². The molecule has 0 radical (unpaired) electrons. The maximum atomic E-state index is 13.9. The van der Waals surface area contributed by atoms with Crippen molar-refractivity contribution in [3.8, 4) is 0 Å². The van der Waals surface area contributed by atoms with E-state index in [1.165, 1.54) is 35.1 Å². The number of furan rings is 1. The average Bonchev–Trinajstić information content (AvgIpc) is 3.67. The van der Waals surface area contributed by atoms with Gasteiger partial charge in [0, 0.05) is 5.69 Å². The van der Waals surface area contributed by atoms with E-state index in [-0.39, 0.29) is 18.0 Å². The number of fused-ring (bicyclic) bond motifs is 2. The lowest BCUT2D eigenvalue weighted by atomic mass is 9.87. The minimum atomic E-state index is -0.856. The van der Waals surface area contributed by atoms with E-state index in [2.05, 4.69) is 5.32 Å². The predicted octanol–water partition coefficient (Wildman–Crippen LogP) is 4.42. The number of thiazole rings is 1.